The summed E-state index contributed by atoms with van der Waals surface area (Å²) in [5.41, 5.74) is 1.11. The van der Waals surface area contributed by atoms with Gasteiger partial charge in [-0.3, -0.25) is 0 Å². The van der Waals surface area contributed by atoms with Gasteiger partial charge in [-0.15, -0.1) is 0 Å². The average Bonchev–Trinajstić information content (AvgIpc) is 2.62. The topological polar surface area (TPSA) is 30.5 Å². The molecule has 1 N–H and O–H groups in total. The number of hydrogen-bond acceptors (Lipinski definition) is 3. The van der Waals surface area contributed by atoms with Crippen LogP contribution in [0.5, 0.6) is 0 Å². The third kappa shape index (κ3) is 3.62. The third-order valence-electron chi connectivity index (χ3n) is 4.23. The van der Waals surface area contributed by atoms with E-state index in [0.29, 0.717) is 11.0 Å². The van der Waals surface area contributed by atoms with Gasteiger partial charge in [-0.25, -0.2) is 4.39 Å². The summed E-state index contributed by atoms with van der Waals surface area (Å²) in [4.78, 5) is 0. The summed E-state index contributed by atoms with van der Waals surface area (Å²) in [6, 6.07) is 4.92. The van der Waals surface area contributed by atoms with Crippen molar-refractivity contribution in [1.82, 2.24) is 5.32 Å². The molecule has 0 aromatic heterocycles. The minimum atomic E-state index is -0.415. The van der Waals surface area contributed by atoms with Crippen LogP contribution in [0.4, 0.5) is 4.39 Å². The standard InChI is InChI=1S/C16H22BBrFNO2/c1-15(2)16(3,4)22-17(21-15)12(10-20-5)8-11-6-7-14(19)13(18)9-11/h6-9,20H,10H2,1-5H3. The molecule has 0 radical (unpaired) electrons. The van der Waals surface area contributed by atoms with Crippen LogP contribution < -0.4 is 5.32 Å². The summed E-state index contributed by atoms with van der Waals surface area (Å²) in [5, 5.41) is 3.13. The first-order valence-corrected chi connectivity index (χ1v) is 8.11. The van der Waals surface area contributed by atoms with Crippen LogP contribution in [-0.4, -0.2) is 31.9 Å². The van der Waals surface area contributed by atoms with Crippen LogP contribution in [-0.2, 0) is 9.31 Å². The van der Waals surface area contributed by atoms with Crippen LogP contribution >= 0.6 is 15.9 Å². The molecule has 0 amide bonds. The number of likely N-dealkylation sites (N-methyl/N-ethyl adjacent to an activating group) is 1. The van der Waals surface area contributed by atoms with Gasteiger partial charge in [-0.2, -0.15) is 0 Å². The lowest BCUT2D eigenvalue weighted by Crippen LogP contribution is -2.41. The van der Waals surface area contributed by atoms with Gasteiger partial charge in [0.2, 0.25) is 0 Å². The Hall–Kier alpha value is -0.685. The molecule has 1 aromatic rings. The van der Waals surface area contributed by atoms with Gasteiger partial charge in [0.25, 0.3) is 0 Å². The Morgan fingerprint density at radius 2 is 1.86 bits per heavy atom. The van der Waals surface area contributed by atoms with E-state index in [0.717, 1.165) is 11.0 Å². The van der Waals surface area contributed by atoms with Gasteiger partial charge in [-0.1, -0.05) is 12.1 Å². The predicted molar refractivity (Wildman–Crippen MR) is 92.1 cm³/mol. The van der Waals surface area contributed by atoms with Gasteiger partial charge in [0.05, 0.1) is 15.7 Å². The van der Waals surface area contributed by atoms with Crippen molar-refractivity contribution in [3.05, 3.63) is 39.5 Å². The molecule has 1 saturated heterocycles. The number of halogens is 2. The van der Waals surface area contributed by atoms with Crippen LogP contribution in [0, 0.1) is 5.82 Å². The van der Waals surface area contributed by atoms with E-state index >= 15 is 0 Å². The average molecular weight is 370 g/mol. The predicted octanol–water partition coefficient (Wildman–Crippen LogP) is 3.82. The first-order chi connectivity index (χ1) is 10.2. The normalized spacial score (nSPS) is 20.5. The maximum atomic E-state index is 13.4. The van der Waals surface area contributed by atoms with Crippen LogP contribution in [0.1, 0.15) is 33.3 Å². The monoisotopic (exact) mass is 369 g/mol. The quantitative estimate of drug-likeness (QED) is 0.818. The van der Waals surface area contributed by atoms with Gasteiger partial charge in [0.15, 0.2) is 0 Å². The first kappa shape index (κ1) is 17.7. The zero-order valence-electron chi connectivity index (χ0n) is 13.7. The van der Waals surface area contributed by atoms with Crippen molar-refractivity contribution >= 4 is 29.1 Å². The second kappa shape index (κ2) is 6.44. The number of benzene rings is 1. The summed E-state index contributed by atoms with van der Waals surface area (Å²) in [6.45, 7) is 8.74. The molecule has 0 aliphatic carbocycles. The van der Waals surface area contributed by atoms with Crippen LogP contribution in [0.25, 0.3) is 6.08 Å². The highest BCUT2D eigenvalue weighted by molar-refractivity contribution is 9.10. The van der Waals surface area contributed by atoms with Crippen molar-refractivity contribution in [2.45, 2.75) is 38.9 Å². The molecule has 3 nitrogen and oxygen atoms in total. The second-order valence-corrected chi connectivity index (χ2v) is 7.37. The molecule has 1 fully saturated rings. The molecule has 0 spiro atoms. The van der Waals surface area contributed by atoms with Crippen molar-refractivity contribution in [3.63, 3.8) is 0 Å². The number of rotatable bonds is 4. The fourth-order valence-electron chi connectivity index (χ4n) is 2.22. The van der Waals surface area contributed by atoms with Crippen LogP contribution in [0.2, 0.25) is 0 Å². The molecule has 2 rings (SSSR count). The molecule has 1 aliphatic rings. The van der Waals surface area contributed by atoms with Gasteiger partial charge >= 0.3 is 7.12 Å². The largest absolute Gasteiger partial charge is 0.491 e. The lowest BCUT2D eigenvalue weighted by atomic mass is 9.77. The fraction of sp³-hybridized carbons (Fsp3) is 0.500. The molecule has 0 bridgehead atoms. The summed E-state index contributed by atoms with van der Waals surface area (Å²) in [5.74, 6) is -0.275. The van der Waals surface area contributed by atoms with Gasteiger partial charge in [0.1, 0.15) is 5.82 Å². The van der Waals surface area contributed by atoms with Crippen molar-refractivity contribution < 1.29 is 13.7 Å². The van der Waals surface area contributed by atoms with Gasteiger partial charge < -0.3 is 14.6 Å². The van der Waals surface area contributed by atoms with Gasteiger partial charge in [0, 0.05) is 6.54 Å². The molecule has 0 atom stereocenters. The van der Waals surface area contributed by atoms with Crippen molar-refractivity contribution in [2.75, 3.05) is 13.6 Å². The number of hydrogen-bond donors (Lipinski definition) is 1. The summed E-state index contributed by atoms with van der Waals surface area (Å²) >= 11 is 3.21. The van der Waals surface area contributed by atoms with E-state index in [1.54, 1.807) is 12.1 Å². The fourth-order valence-corrected chi connectivity index (χ4v) is 2.61. The zero-order chi connectivity index (χ0) is 16.5. The maximum Gasteiger partial charge on any atom is 0.491 e. The summed E-state index contributed by atoms with van der Waals surface area (Å²) < 4.78 is 26.0. The molecule has 6 heteroatoms. The van der Waals surface area contributed by atoms with Crippen molar-refractivity contribution in [2.24, 2.45) is 0 Å². The van der Waals surface area contributed by atoms with Crippen LogP contribution in [0.3, 0.4) is 0 Å². The molecule has 1 heterocycles. The van der Waals surface area contributed by atoms with E-state index in [9.17, 15) is 4.39 Å². The SMILES string of the molecule is CNCC(=Cc1ccc(F)c(Br)c1)B1OC(C)(C)C(C)(C)O1. The zero-order valence-corrected chi connectivity index (χ0v) is 15.3. The smallest absolute Gasteiger partial charge is 0.400 e. The summed E-state index contributed by atoms with van der Waals surface area (Å²) in [7, 11) is 1.46. The second-order valence-electron chi connectivity index (χ2n) is 6.51. The van der Waals surface area contributed by atoms with E-state index in [-0.39, 0.29) is 17.0 Å². The van der Waals surface area contributed by atoms with E-state index in [2.05, 4.69) is 21.2 Å². The van der Waals surface area contributed by atoms with E-state index in [4.69, 9.17) is 9.31 Å². The lowest BCUT2D eigenvalue weighted by Gasteiger charge is -2.32. The molecular formula is C16H22BBrFNO2. The molecular weight excluding hydrogens is 348 g/mol. The Bertz CT molecular complexity index is 574. The third-order valence-corrected chi connectivity index (χ3v) is 4.84. The van der Waals surface area contributed by atoms with E-state index in [1.807, 2.05) is 40.8 Å². The molecule has 0 saturated carbocycles. The summed E-state index contributed by atoms with van der Waals surface area (Å²) in [6.07, 6.45) is 1.98. The first-order valence-electron chi connectivity index (χ1n) is 7.32. The molecule has 120 valence electrons. The highest BCUT2D eigenvalue weighted by Gasteiger charge is 2.52. The Labute approximate surface area is 140 Å². The van der Waals surface area contributed by atoms with Gasteiger partial charge in [-0.05, 0) is 73.8 Å². The minimum Gasteiger partial charge on any atom is -0.400 e. The molecule has 1 aliphatic heterocycles. The Morgan fingerprint density at radius 3 is 2.36 bits per heavy atom. The van der Waals surface area contributed by atoms with Crippen molar-refractivity contribution in [3.8, 4) is 0 Å². The minimum absolute atomic E-state index is 0.275. The lowest BCUT2D eigenvalue weighted by molar-refractivity contribution is 0.00578. The Morgan fingerprint density at radius 1 is 1.27 bits per heavy atom. The molecule has 0 unspecified atom stereocenters. The Balaban J connectivity index is 2.31. The maximum absolute atomic E-state index is 13.4. The van der Waals surface area contributed by atoms with E-state index < -0.39 is 7.12 Å². The molecule has 22 heavy (non-hydrogen) atoms. The Kier molecular flexibility index (Phi) is 5.17. The molecule has 1 aromatic carbocycles. The number of nitrogens with one attached hydrogen (secondary N) is 1. The highest BCUT2D eigenvalue weighted by atomic mass is 79.9. The highest BCUT2D eigenvalue weighted by Crippen LogP contribution is 2.38. The van der Waals surface area contributed by atoms with Crippen LogP contribution in [0.15, 0.2) is 28.1 Å². The van der Waals surface area contributed by atoms with E-state index in [1.165, 1.54) is 6.07 Å². The van der Waals surface area contributed by atoms with Crippen molar-refractivity contribution in [1.29, 1.82) is 0 Å².